The number of hydrogen-bond acceptors (Lipinski definition) is 2. The van der Waals surface area contributed by atoms with E-state index in [0.717, 1.165) is 10.0 Å². The molecule has 0 unspecified atom stereocenters. The molecule has 2 aromatic carbocycles. The van der Waals surface area contributed by atoms with Crippen LogP contribution in [0.1, 0.15) is 18.1 Å². The molecule has 0 aliphatic rings. The fraction of sp³-hybridized carbons (Fsp3) is 0.250. The Morgan fingerprint density at radius 2 is 1.95 bits per heavy atom. The zero-order valence-corrected chi connectivity index (χ0v) is 13.9. The van der Waals surface area contributed by atoms with Gasteiger partial charge in [-0.2, -0.15) is 0 Å². The average molecular weight is 374 g/mol. The van der Waals surface area contributed by atoms with Crippen LogP contribution in [0.25, 0.3) is 0 Å². The lowest BCUT2D eigenvalue weighted by Gasteiger charge is -2.15. The highest BCUT2D eigenvalue weighted by Gasteiger charge is 2.12. The van der Waals surface area contributed by atoms with Crippen LogP contribution in [0.5, 0.6) is 11.5 Å². The molecule has 2 nitrogen and oxygen atoms in total. The lowest BCUT2D eigenvalue weighted by Crippen LogP contribution is -2.03. The molecule has 0 saturated heterocycles. The summed E-state index contributed by atoms with van der Waals surface area (Å²) in [5.74, 6) is 1.18. The molecule has 0 aliphatic carbocycles. The monoisotopic (exact) mass is 372 g/mol. The molecule has 0 aromatic heterocycles. The molecule has 0 fully saturated rings. The van der Waals surface area contributed by atoms with Gasteiger partial charge in [0.1, 0.15) is 12.4 Å². The largest absolute Gasteiger partial charge is 0.490 e. The standard InChI is InChI=1S/C16H15BrClFO2/c1-2-20-15-5-3-4-11(9-18)16(15)21-10-12-8-13(17)6-7-14(12)19/h3-8H,2,9-10H2,1H3. The molecule has 21 heavy (non-hydrogen) atoms. The third-order valence-electron chi connectivity index (χ3n) is 2.88. The van der Waals surface area contributed by atoms with E-state index >= 15 is 0 Å². The van der Waals surface area contributed by atoms with Gasteiger partial charge in [0.15, 0.2) is 11.5 Å². The van der Waals surface area contributed by atoms with E-state index in [0.29, 0.717) is 29.5 Å². The Labute approximate surface area is 137 Å². The second kappa shape index (κ2) is 7.66. The van der Waals surface area contributed by atoms with Crippen LogP contribution >= 0.6 is 27.5 Å². The number of para-hydroxylation sites is 1. The van der Waals surface area contributed by atoms with Crippen LogP contribution in [0.15, 0.2) is 40.9 Å². The minimum atomic E-state index is -0.306. The normalized spacial score (nSPS) is 10.5. The molecule has 0 atom stereocenters. The van der Waals surface area contributed by atoms with E-state index in [9.17, 15) is 4.39 Å². The topological polar surface area (TPSA) is 18.5 Å². The fourth-order valence-corrected chi connectivity index (χ4v) is 2.52. The predicted molar refractivity (Wildman–Crippen MR) is 85.6 cm³/mol. The number of rotatable bonds is 6. The van der Waals surface area contributed by atoms with Crippen molar-refractivity contribution in [3.05, 3.63) is 57.8 Å². The molecule has 2 aromatic rings. The van der Waals surface area contributed by atoms with E-state index in [4.69, 9.17) is 21.1 Å². The first kappa shape index (κ1) is 16.1. The van der Waals surface area contributed by atoms with Gasteiger partial charge in [0.25, 0.3) is 0 Å². The smallest absolute Gasteiger partial charge is 0.166 e. The van der Waals surface area contributed by atoms with E-state index in [2.05, 4.69) is 15.9 Å². The Morgan fingerprint density at radius 1 is 1.14 bits per heavy atom. The third-order valence-corrected chi connectivity index (χ3v) is 3.67. The van der Waals surface area contributed by atoms with Gasteiger partial charge >= 0.3 is 0 Å². The quantitative estimate of drug-likeness (QED) is 0.639. The molecule has 5 heteroatoms. The van der Waals surface area contributed by atoms with Gasteiger partial charge in [0.05, 0.1) is 12.5 Å². The summed E-state index contributed by atoms with van der Waals surface area (Å²) < 4.78 is 25.8. The molecule has 0 heterocycles. The van der Waals surface area contributed by atoms with Gasteiger partial charge in [-0.15, -0.1) is 11.6 Å². The first-order chi connectivity index (χ1) is 10.2. The Bertz CT molecular complexity index is 619. The minimum Gasteiger partial charge on any atom is -0.490 e. The van der Waals surface area contributed by atoms with Gasteiger partial charge in [-0.05, 0) is 31.2 Å². The molecule has 0 aliphatic heterocycles. The van der Waals surface area contributed by atoms with E-state index < -0.39 is 0 Å². The molecule has 2 rings (SSSR count). The molecule has 0 radical (unpaired) electrons. The highest BCUT2D eigenvalue weighted by Crippen LogP contribution is 2.33. The molecule has 112 valence electrons. The summed E-state index contributed by atoms with van der Waals surface area (Å²) >= 11 is 9.25. The van der Waals surface area contributed by atoms with Gasteiger partial charge in [-0.25, -0.2) is 4.39 Å². The summed E-state index contributed by atoms with van der Waals surface area (Å²) in [6.07, 6.45) is 0. The summed E-state index contributed by atoms with van der Waals surface area (Å²) in [7, 11) is 0. The van der Waals surface area contributed by atoms with Crippen LogP contribution in [0.3, 0.4) is 0 Å². The van der Waals surface area contributed by atoms with Gasteiger partial charge < -0.3 is 9.47 Å². The van der Waals surface area contributed by atoms with Crippen LogP contribution in [0, 0.1) is 5.82 Å². The Hall–Kier alpha value is -1.26. The van der Waals surface area contributed by atoms with Crippen molar-refractivity contribution in [2.45, 2.75) is 19.4 Å². The maximum absolute atomic E-state index is 13.7. The highest BCUT2D eigenvalue weighted by molar-refractivity contribution is 9.10. The number of halogens is 3. The predicted octanol–water partition coefficient (Wildman–Crippen LogP) is 5.30. The lowest BCUT2D eigenvalue weighted by molar-refractivity contribution is 0.264. The SMILES string of the molecule is CCOc1cccc(CCl)c1OCc1cc(Br)ccc1F. The zero-order chi connectivity index (χ0) is 15.2. The van der Waals surface area contributed by atoms with E-state index in [1.54, 1.807) is 12.1 Å². The average Bonchev–Trinajstić information content (AvgIpc) is 2.49. The van der Waals surface area contributed by atoms with Crippen LogP contribution in [-0.2, 0) is 12.5 Å². The third kappa shape index (κ3) is 4.11. The zero-order valence-electron chi connectivity index (χ0n) is 11.5. The van der Waals surface area contributed by atoms with Crippen molar-refractivity contribution in [3.8, 4) is 11.5 Å². The molecule has 0 bridgehead atoms. The maximum Gasteiger partial charge on any atom is 0.166 e. The molecule has 0 N–H and O–H groups in total. The number of ether oxygens (including phenoxy) is 2. The first-order valence-corrected chi connectivity index (χ1v) is 7.85. The summed E-state index contributed by atoms with van der Waals surface area (Å²) in [5, 5.41) is 0. The van der Waals surface area contributed by atoms with Crippen molar-refractivity contribution in [2.24, 2.45) is 0 Å². The maximum atomic E-state index is 13.7. The number of benzene rings is 2. The number of hydrogen-bond donors (Lipinski definition) is 0. The van der Waals surface area contributed by atoms with Crippen LogP contribution in [-0.4, -0.2) is 6.61 Å². The Balaban J connectivity index is 2.24. The van der Waals surface area contributed by atoms with Crippen LogP contribution < -0.4 is 9.47 Å². The second-order valence-corrected chi connectivity index (χ2v) is 5.52. The first-order valence-electron chi connectivity index (χ1n) is 6.53. The van der Waals surface area contributed by atoms with E-state index in [1.807, 2.05) is 25.1 Å². The Morgan fingerprint density at radius 3 is 2.67 bits per heavy atom. The van der Waals surface area contributed by atoms with Crippen molar-refractivity contribution >= 4 is 27.5 Å². The summed E-state index contributed by atoms with van der Waals surface area (Å²) in [6, 6.07) is 10.3. The molecular formula is C16H15BrClFO2. The van der Waals surface area contributed by atoms with Crippen molar-refractivity contribution in [3.63, 3.8) is 0 Å². The molecule has 0 amide bonds. The summed E-state index contributed by atoms with van der Waals surface area (Å²) in [6.45, 7) is 2.53. The van der Waals surface area contributed by atoms with E-state index in [1.165, 1.54) is 6.07 Å². The molecular weight excluding hydrogens is 359 g/mol. The highest BCUT2D eigenvalue weighted by atomic mass is 79.9. The lowest BCUT2D eigenvalue weighted by atomic mass is 10.2. The molecule has 0 spiro atoms. The van der Waals surface area contributed by atoms with Gasteiger partial charge in [0, 0.05) is 15.6 Å². The molecule has 0 saturated carbocycles. The van der Waals surface area contributed by atoms with Crippen molar-refractivity contribution in [1.29, 1.82) is 0 Å². The van der Waals surface area contributed by atoms with Crippen molar-refractivity contribution in [2.75, 3.05) is 6.61 Å². The summed E-state index contributed by atoms with van der Waals surface area (Å²) in [5.41, 5.74) is 1.29. The van der Waals surface area contributed by atoms with Gasteiger partial charge in [0.2, 0.25) is 0 Å². The summed E-state index contributed by atoms with van der Waals surface area (Å²) in [4.78, 5) is 0. The van der Waals surface area contributed by atoms with Gasteiger partial charge in [-0.1, -0.05) is 28.1 Å². The van der Waals surface area contributed by atoms with E-state index in [-0.39, 0.29) is 12.4 Å². The Kier molecular flexibility index (Phi) is 5.88. The van der Waals surface area contributed by atoms with Crippen LogP contribution in [0.2, 0.25) is 0 Å². The number of alkyl halides is 1. The minimum absolute atomic E-state index is 0.110. The van der Waals surface area contributed by atoms with Crippen molar-refractivity contribution < 1.29 is 13.9 Å². The van der Waals surface area contributed by atoms with Crippen LogP contribution in [0.4, 0.5) is 4.39 Å². The fourth-order valence-electron chi connectivity index (χ4n) is 1.90. The van der Waals surface area contributed by atoms with Gasteiger partial charge in [-0.3, -0.25) is 0 Å². The van der Waals surface area contributed by atoms with Crippen molar-refractivity contribution in [1.82, 2.24) is 0 Å². The second-order valence-electron chi connectivity index (χ2n) is 4.34.